The van der Waals surface area contributed by atoms with Gasteiger partial charge in [0.25, 0.3) is 5.91 Å². The van der Waals surface area contributed by atoms with Gasteiger partial charge in [-0.25, -0.2) is 4.79 Å². The monoisotopic (exact) mass is 367 g/mol. The van der Waals surface area contributed by atoms with Crippen LogP contribution in [0.1, 0.15) is 49.9 Å². The standard InChI is InChI=1S/C19H17N3O3S/c1-3-25-19(24)12-6-8-13(9-7-12)22-17(14-5-4-10-26-14)15-11(2)20-21-16(15)18(22)23/h4-10,17H,3H2,1-2H3,(H,20,21)/t17-/m0/s1. The van der Waals surface area contributed by atoms with Crippen molar-refractivity contribution in [1.82, 2.24) is 10.2 Å². The summed E-state index contributed by atoms with van der Waals surface area (Å²) in [5.74, 6) is -0.516. The van der Waals surface area contributed by atoms with Crippen molar-refractivity contribution < 1.29 is 14.3 Å². The molecule has 1 aliphatic rings. The van der Waals surface area contributed by atoms with E-state index in [1.807, 2.05) is 24.4 Å². The minimum absolute atomic E-state index is 0.147. The zero-order valence-corrected chi connectivity index (χ0v) is 15.2. The molecule has 0 saturated heterocycles. The zero-order valence-electron chi connectivity index (χ0n) is 14.4. The Balaban J connectivity index is 1.75. The number of nitrogens with one attached hydrogen (secondary N) is 1. The molecule has 26 heavy (non-hydrogen) atoms. The van der Waals surface area contributed by atoms with Crippen LogP contribution in [0.25, 0.3) is 0 Å². The molecule has 3 aromatic rings. The number of rotatable bonds is 4. The van der Waals surface area contributed by atoms with Gasteiger partial charge in [0.15, 0.2) is 5.69 Å². The molecule has 1 amide bonds. The fraction of sp³-hybridized carbons (Fsp3) is 0.211. The van der Waals surface area contributed by atoms with Gasteiger partial charge in [0, 0.05) is 21.8 Å². The van der Waals surface area contributed by atoms with Crippen molar-refractivity contribution >= 4 is 28.9 Å². The summed E-state index contributed by atoms with van der Waals surface area (Å²) in [4.78, 5) is 27.7. The molecular formula is C19H17N3O3S. The maximum Gasteiger partial charge on any atom is 0.338 e. The number of nitrogens with zero attached hydrogens (tertiary/aromatic N) is 2. The normalized spacial score (nSPS) is 16.0. The van der Waals surface area contributed by atoms with E-state index in [-0.39, 0.29) is 17.9 Å². The number of hydrogen-bond acceptors (Lipinski definition) is 5. The first kappa shape index (κ1) is 16.5. The van der Waals surface area contributed by atoms with E-state index in [1.54, 1.807) is 47.4 Å². The van der Waals surface area contributed by atoms with Crippen LogP contribution in [0.5, 0.6) is 0 Å². The van der Waals surface area contributed by atoms with Gasteiger partial charge in [-0.3, -0.25) is 14.8 Å². The Morgan fingerprint density at radius 3 is 2.73 bits per heavy atom. The highest BCUT2D eigenvalue weighted by atomic mass is 32.1. The first-order valence-corrected chi connectivity index (χ1v) is 9.18. The van der Waals surface area contributed by atoms with Gasteiger partial charge in [0.1, 0.15) is 6.04 Å². The van der Waals surface area contributed by atoms with Gasteiger partial charge < -0.3 is 4.74 Å². The predicted molar refractivity (Wildman–Crippen MR) is 98.7 cm³/mol. The summed E-state index contributed by atoms with van der Waals surface area (Å²) >= 11 is 1.60. The lowest BCUT2D eigenvalue weighted by molar-refractivity contribution is 0.0526. The number of carbonyl (C=O) groups is 2. The molecule has 0 unspecified atom stereocenters. The smallest absolute Gasteiger partial charge is 0.338 e. The predicted octanol–water partition coefficient (Wildman–Crippen LogP) is 3.71. The third-order valence-electron chi connectivity index (χ3n) is 4.42. The number of anilines is 1. The van der Waals surface area contributed by atoms with Gasteiger partial charge in [-0.15, -0.1) is 11.3 Å². The van der Waals surface area contributed by atoms with Gasteiger partial charge in [0.2, 0.25) is 0 Å². The Morgan fingerprint density at radius 1 is 1.31 bits per heavy atom. The van der Waals surface area contributed by atoms with Crippen LogP contribution in [0.2, 0.25) is 0 Å². The number of ether oxygens (including phenoxy) is 1. The SMILES string of the molecule is CCOC(=O)c1ccc(N2C(=O)c3n[nH]c(C)c3[C@@H]2c2cccs2)cc1. The van der Waals surface area contributed by atoms with Crippen LogP contribution in [0.15, 0.2) is 41.8 Å². The zero-order chi connectivity index (χ0) is 18.3. The van der Waals surface area contributed by atoms with Crippen molar-refractivity contribution in [1.29, 1.82) is 0 Å². The Bertz CT molecular complexity index is 961. The van der Waals surface area contributed by atoms with Crippen LogP contribution in [0.3, 0.4) is 0 Å². The van der Waals surface area contributed by atoms with Gasteiger partial charge in [-0.1, -0.05) is 6.07 Å². The number of aromatic nitrogens is 2. The molecule has 1 aliphatic heterocycles. The molecule has 0 fully saturated rings. The Kier molecular flexibility index (Phi) is 4.08. The number of thiophene rings is 1. The van der Waals surface area contributed by atoms with E-state index in [9.17, 15) is 9.59 Å². The number of carbonyl (C=O) groups excluding carboxylic acids is 2. The van der Waals surface area contributed by atoms with Crippen molar-refractivity contribution in [3.8, 4) is 0 Å². The van der Waals surface area contributed by atoms with Crippen molar-refractivity contribution in [2.75, 3.05) is 11.5 Å². The summed E-state index contributed by atoms with van der Waals surface area (Å²) in [6.07, 6.45) is 0. The van der Waals surface area contributed by atoms with Gasteiger partial charge in [-0.2, -0.15) is 5.10 Å². The van der Waals surface area contributed by atoms with E-state index < -0.39 is 0 Å². The number of aromatic amines is 1. The lowest BCUT2D eigenvalue weighted by Crippen LogP contribution is -2.29. The highest BCUT2D eigenvalue weighted by Gasteiger charge is 2.42. The molecular weight excluding hydrogens is 350 g/mol. The second-order valence-electron chi connectivity index (χ2n) is 5.97. The number of amides is 1. The van der Waals surface area contributed by atoms with E-state index >= 15 is 0 Å². The van der Waals surface area contributed by atoms with Crippen LogP contribution < -0.4 is 4.90 Å². The van der Waals surface area contributed by atoms with E-state index in [1.165, 1.54) is 0 Å². The number of esters is 1. The van der Waals surface area contributed by atoms with Crippen molar-refractivity contribution in [2.24, 2.45) is 0 Å². The van der Waals surface area contributed by atoms with Gasteiger partial charge in [-0.05, 0) is 49.6 Å². The summed E-state index contributed by atoms with van der Waals surface area (Å²) < 4.78 is 5.02. The largest absolute Gasteiger partial charge is 0.462 e. The van der Waals surface area contributed by atoms with Crippen molar-refractivity contribution in [3.05, 3.63) is 69.2 Å². The summed E-state index contributed by atoms with van der Waals surface area (Å²) in [5, 5.41) is 9.11. The van der Waals surface area contributed by atoms with Crippen LogP contribution >= 0.6 is 11.3 Å². The Morgan fingerprint density at radius 2 is 2.08 bits per heavy atom. The quantitative estimate of drug-likeness (QED) is 0.714. The van der Waals surface area contributed by atoms with Crippen molar-refractivity contribution in [2.45, 2.75) is 19.9 Å². The van der Waals surface area contributed by atoms with Crippen LogP contribution in [-0.4, -0.2) is 28.7 Å². The van der Waals surface area contributed by atoms with E-state index in [2.05, 4.69) is 10.2 Å². The fourth-order valence-electron chi connectivity index (χ4n) is 3.25. The van der Waals surface area contributed by atoms with Crippen LogP contribution in [0, 0.1) is 6.92 Å². The molecule has 0 aliphatic carbocycles. The lowest BCUT2D eigenvalue weighted by atomic mass is 10.1. The second kappa shape index (κ2) is 6.42. The molecule has 3 heterocycles. The second-order valence-corrected chi connectivity index (χ2v) is 6.95. The molecule has 0 saturated carbocycles. The molecule has 1 aromatic carbocycles. The summed E-state index contributed by atoms with van der Waals surface area (Å²) in [6.45, 7) is 4.02. The fourth-order valence-corrected chi connectivity index (χ4v) is 4.07. The molecule has 1 atom stereocenters. The minimum Gasteiger partial charge on any atom is -0.462 e. The highest BCUT2D eigenvalue weighted by Crippen LogP contribution is 2.43. The number of fused-ring (bicyclic) bond motifs is 1. The first-order chi connectivity index (χ1) is 12.6. The minimum atomic E-state index is -0.370. The molecule has 2 aromatic heterocycles. The number of aryl methyl sites for hydroxylation is 1. The van der Waals surface area contributed by atoms with Crippen molar-refractivity contribution in [3.63, 3.8) is 0 Å². The lowest BCUT2D eigenvalue weighted by Gasteiger charge is -2.25. The Labute approximate surface area is 154 Å². The van der Waals surface area contributed by atoms with E-state index in [0.717, 1.165) is 21.8 Å². The molecule has 7 heteroatoms. The average Bonchev–Trinajstić information content (AvgIpc) is 3.35. The number of H-pyrrole nitrogens is 1. The van der Waals surface area contributed by atoms with Crippen LogP contribution in [-0.2, 0) is 4.74 Å². The molecule has 0 radical (unpaired) electrons. The molecule has 1 N–H and O–H groups in total. The Hall–Kier alpha value is -2.93. The number of hydrogen-bond donors (Lipinski definition) is 1. The van der Waals surface area contributed by atoms with Gasteiger partial charge >= 0.3 is 5.97 Å². The molecule has 6 nitrogen and oxygen atoms in total. The third-order valence-corrected chi connectivity index (χ3v) is 5.34. The van der Waals surface area contributed by atoms with E-state index in [4.69, 9.17) is 4.74 Å². The molecule has 4 rings (SSSR count). The van der Waals surface area contributed by atoms with Crippen LogP contribution in [0.4, 0.5) is 5.69 Å². The molecule has 132 valence electrons. The van der Waals surface area contributed by atoms with Gasteiger partial charge in [0.05, 0.1) is 12.2 Å². The molecule has 0 spiro atoms. The summed E-state index contributed by atoms with van der Waals surface area (Å²) in [6, 6.07) is 10.7. The summed E-state index contributed by atoms with van der Waals surface area (Å²) in [5.41, 5.74) is 3.43. The third kappa shape index (κ3) is 2.52. The average molecular weight is 367 g/mol. The maximum atomic E-state index is 13.0. The molecule has 0 bridgehead atoms. The van der Waals surface area contributed by atoms with E-state index in [0.29, 0.717) is 17.9 Å². The first-order valence-electron chi connectivity index (χ1n) is 8.30. The topological polar surface area (TPSA) is 75.3 Å². The summed E-state index contributed by atoms with van der Waals surface area (Å²) in [7, 11) is 0. The maximum absolute atomic E-state index is 13.0. The highest BCUT2D eigenvalue weighted by molar-refractivity contribution is 7.10. The number of benzene rings is 1.